The minimum absolute atomic E-state index is 0. The monoisotopic (exact) mass is 537 g/mol. The average Bonchev–Trinajstić information content (AvgIpc) is 3.42. The molecule has 6 N–H and O–H groups in total. The fourth-order valence-corrected chi connectivity index (χ4v) is 5.98. The standard InChI is InChI=1S/C29H35N5O3.ClH/c1-17(35)19-8-6-10-22-24(19)29(11-13-31-14-12-29)26(33-22)25(36)23(34-27(37)28(2,3)30)15-18-16-32-21-9-5-4-7-20(18)21;/h4-10,16,23,26,31-33H,11-15,30H2,1-3H3,(H,34,37);1H/t23-,26?;/m1./s1. The van der Waals surface area contributed by atoms with Gasteiger partial charge in [0.1, 0.15) is 0 Å². The summed E-state index contributed by atoms with van der Waals surface area (Å²) in [4.78, 5) is 43.4. The number of benzene rings is 2. The number of hydrogen-bond acceptors (Lipinski definition) is 6. The fourth-order valence-electron chi connectivity index (χ4n) is 5.98. The van der Waals surface area contributed by atoms with E-state index >= 15 is 0 Å². The van der Waals surface area contributed by atoms with Crippen LogP contribution in [-0.2, 0) is 21.4 Å². The third kappa shape index (κ3) is 4.84. The lowest BCUT2D eigenvalue weighted by Crippen LogP contribution is -2.60. The number of fused-ring (bicyclic) bond motifs is 3. The second kappa shape index (κ2) is 10.5. The van der Waals surface area contributed by atoms with Gasteiger partial charge in [-0.3, -0.25) is 14.4 Å². The number of hydrogen-bond donors (Lipinski definition) is 5. The van der Waals surface area contributed by atoms with Gasteiger partial charge in [-0.15, -0.1) is 12.4 Å². The molecule has 2 aliphatic rings. The molecule has 0 radical (unpaired) electrons. The Morgan fingerprint density at radius 1 is 1.11 bits per heavy atom. The van der Waals surface area contributed by atoms with Crippen LogP contribution >= 0.6 is 12.4 Å². The van der Waals surface area contributed by atoms with Crippen molar-refractivity contribution in [2.45, 2.75) is 63.1 Å². The zero-order chi connectivity index (χ0) is 26.4. The summed E-state index contributed by atoms with van der Waals surface area (Å²) in [5.74, 6) is -0.501. The highest BCUT2D eigenvalue weighted by Crippen LogP contribution is 2.49. The number of Topliss-reactive ketones (excluding diaryl/α,β-unsaturated/α-hetero) is 2. The first kappa shape index (κ1) is 27.8. The van der Waals surface area contributed by atoms with Gasteiger partial charge in [0.25, 0.3) is 0 Å². The molecule has 0 bridgehead atoms. The van der Waals surface area contributed by atoms with Crippen LogP contribution in [0.4, 0.5) is 5.69 Å². The first-order chi connectivity index (χ1) is 17.6. The summed E-state index contributed by atoms with van der Waals surface area (Å²) < 4.78 is 0. The Bertz CT molecular complexity index is 1370. The van der Waals surface area contributed by atoms with Crippen LogP contribution in [0.5, 0.6) is 0 Å². The average molecular weight is 538 g/mol. The van der Waals surface area contributed by atoms with Gasteiger partial charge in [-0.1, -0.05) is 30.3 Å². The lowest BCUT2D eigenvalue weighted by molar-refractivity contribution is -0.131. The number of ketones is 2. The highest BCUT2D eigenvalue weighted by atomic mass is 35.5. The molecular weight excluding hydrogens is 502 g/mol. The van der Waals surface area contributed by atoms with Gasteiger partial charge >= 0.3 is 0 Å². The van der Waals surface area contributed by atoms with E-state index in [4.69, 9.17) is 5.73 Å². The number of nitrogens with one attached hydrogen (secondary N) is 4. The van der Waals surface area contributed by atoms with Crippen LogP contribution in [0.3, 0.4) is 0 Å². The van der Waals surface area contributed by atoms with Gasteiger partial charge in [-0.05, 0) is 70.0 Å². The topological polar surface area (TPSA) is 129 Å². The van der Waals surface area contributed by atoms with Crippen molar-refractivity contribution in [2.24, 2.45) is 5.73 Å². The molecule has 1 saturated heterocycles. The third-order valence-electron chi connectivity index (χ3n) is 7.91. The van der Waals surface area contributed by atoms with Gasteiger partial charge in [0, 0.05) is 40.2 Å². The fraction of sp³-hybridized carbons (Fsp3) is 0.414. The maximum absolute atomic E-state index is 14.5. The molecule has 2 aliphatic heterocycles. The van der Waals surface area contributed by atoms with E-state index in [1.807, 2.05) is 48.7 Å². The molecule has 3 aromatic rings. The van der Waals surface area contributed by atoms with Crippen LogP contribution in [0.1, 0.15) is 55.1 Å². The summed E-state index contributed by atoms with van der Waals surface area (Å²) in [5, 5.41) is 10.9. The van der Waals surface area contributed by atoms with Gasteiger partial charge < -0.3 is 26.7 Å². The molecule has 1 fully saturated rings. The summed E-state index contributed by atoms with van der Waals surface area (Å²) >= 11 is 0. The molecule has 9 heteroatoms. The number of carbonyl (C=O) groups is 3. The van der Waals surface area contributed by atoms with Crippen LogP contribution in [0.15, 0.2) is 48.7 Å². The van der Waals surface area contributed by atoms with E-state index in [-0.39, 0.29) is 29.9 Å². The zero-order valence-corrected chi connectivity index (χ0v) is 22.8. The number of amides is 1. The first-order valence-corrected chi connectivity index (χ1v) is 12.9. The van der Waals surface area contributed by atoms with E-state index in [1.165, 1.54) is 0 Å². The molecular formula is C29H36ClN5O3. The molecule has 1 amide bonds. The number of halogens is 1. The SMILES string of the molecule is CC(=O)c1cccc2c1C1(CCNCC1)C(C(=O)[C@@H](Cc1c[nH]c3ccccc13)NC(=O)C(C)(C)N)N2.Cl. The van der Waals surface area contributed by atoms with Crippen LogP contribution in [0, 0.1) is 0 Å². The largest absolute Gasteiger partial charge is 0.374 e. The molecule has 2 atom stereocenters. The number of para-hydroxylation sites is 1. The molecule has 0 aliphatic carbocycles. The van der Waals surface area contributed by atoms with Crippen molar-refractivity contribution in [1.82, 2.24) is 15.6 Å². The van der Waals surface area contributed by atoms with Crippen molar-refractivity contribution in [3.63, 3.8) is 0 Å². The van der Waals surface area contributed by atoms with E-state index in [1.54, 1.807) is 20.8 Å². The summed E-state index contributed by atoms with van der Waals surface area (Å²) in [6.45, 7) is 6.32. The Balaban J connectivity index is 0.00000336. The Morgan fingerprint density at radius 3 is 2.50 bits per heavy atom. The van der Waals surface area contributed by atoms with Gasteiger partial charge in [0.15, 0.2) is 11.6 Å². The molecule has 1 aromatic heterocycles. The van der Waals surface area contributed by atoms with E-state index in [0.29, 0.717) is 24.8 Å². The van der Waals surface area contributed by atoms with E-state index < -0.39 is 23.0 Å². The Hall–Kier alpha value is -3.20. The minimum Gasteiger partial charge on any atom is -0.374 e. The number of nitrogens with two attached hydrogens (primary N) is 1. The maximum atomic E-state index is 14.5. The number of aromatic amines is 1. The molecule has 8 nitrogen and oxygen atoms in total. The molecule has 2 aromatic carbocycles. The van der Waals surface area contributed by atoms with E-state index in [0.717, 1.165) is 40.8 Å². The Morgan fingerprint density at radius 2 is 1.82 bits per heavy atom. The van der Waals surface area contributed by atoms with Crippen molar-refractivity contribution in [3.8, 4) is 0 Å². The summed E-state index contributed by atoms with van der Waals surface area (Å²) in [6, 6.07) is 12.2. The van der Waals surface area contributed by atoms with E-state index in [2.05, 4.69) is 20.9 Å². The van der Waals surface area contributed by atoms with Crippen LogP contribution in [0.25, 0.3) is 10.9 Å². The molecule has 3 heterocycles. The molecule has 1 unspecified atom stereocenters. The molecule has 5 rings (SSSR count). The number of H-pyrrole nitrogens is 1. The number of piperidine rings is 1. The second-order valence-electron chi connectivity index (χ2n) is 11.0. The molecule has 202 valence electrons. The highest BCUT2D eigenvalue weighted by molar-refractivity contribution is 6.03. The Kier molecular flexibility index (Phi) is 7.70. The van der Waals surface area contributed by atoms with Crippen LogP contribution < -0.4 is 21.7 Å². The van der Waals surface area contributed by atoms with Gasteiger partial charge in [0.05, 0.1) is 17.6 Å². The van der Waals surface area contributed by atoms with E-state index in [9.17, 15) is 14.4 Å². The summed E-state index contributed by atoms with van der Waals surface area (Å²) in [6.07, 6.45) is 3.65. The van der Waals surface area contributed by atoms with Crippen molar-refractivity contribution in [1.29, 1.82) is 0 Å². The third-order valence-corrected chi connectivity index (χ3v) is 7.91. The van der Waals surface area contributed by atoms with Gasteiger partial charge in [-0.2, -0.15) is 0 Å². The van der Waals surface area contributed by atoms with Gasteiger partial charge in [-0.25, -0.2) is 0 Å². The maximum Gasteiger partial charge on any atom is 0.240 e. The number of carbonyl (C=O) groups excluding carboxylic acids is 3. The number of anilines is 1. The number of rotatable bonds is 7. The zero-order valence-electron chi connectivity index (χ0n) is 22.0. The molecule has 1 spiro atoms. The highest BCUT2D eigenvalue weighted by Gasteiger charge is 2.53. The lowest BCUT2D eigenvalue weighted by atomic mass is 9.66. The summed E-state index contributed by atoms with van der Waals surface area (Å²) in [5.41, 5.74) is 8.76. The summed E-state index contributed by atoms with van der Waals surface area (Å²) in [7, 11) is 0. The van der Waals surface area contributed by atoms with Crippen molar-refractivity contribution >= 4 is 46.5 Å². The van der Waals surface area contributed by atoms with Crippen LogP contribution in [0.2, 0.25) is 0 Å². The van der Waals surface area contributed by atoms with Gasteiger partial charge in [0.2, 0.25) is 5.91 Å². The smallest absolute Gasteiger partial charge is 0.240 e. The first-order valence-electron chi connectivity index (χ1n) is 12.9. The quantitative estimate of drug-likeness (QED) is 0.294. The lowest BCUT2D eigenvalue weighted by Gasteiger charge is -2.40. The molecule has 0 saturated carbocycles. The normalized spacial score (nSPS) is 18.8. The van der Waals surface area contributed by atoms with Crippen molar-refractivity contribution in [2.75, 3.05) is 18.4 Å². The van der Waals surface area contributed by atoms with Crippen molar-refractivity contribution < 1.29 is 14.4 Å². The second-order valence-corrected chi connectivity index (χ2v) is 11.0. The predicted molar refractivity (Wildman–Crippen MR) is 152 cm³/mol. The molecule has 38 heavy (non-hydrogen) atoms. The number of aromatic nitrogens is 1. The Labute approximate surface area is 228 Å². The predicted octanol–water partition coefficient (Wildman–Crippen LogP) is 3.24. The van der Waals surface area contributed by atoms with Crippen molar-refractivity contribution in [3.05, 3.63) is 65.4 Å². The minimum atomic E-state index is -1.14. The van der Waals surface area contributed by atoms with Crippen LogP contribution in [-0.4, -0.2) is 53.2 Å².